The van der Waals surface area contributed by atoms with Crippen molar-refractivity contribution < 1.29 is 23.9 Å². The van der Waals surface area contributed by atoms with E-state index in [0.717, 1.165) is 0 Å². The molecule has 0 aliphatic rings. The third-order valence-electron chi connectivity index (χ3n) is 4.04. The number of amides is 2. The van der Waals surface area contributed by atoms with Gasteiger partial charge in [-0.3, -0.25) is 14.6 Å². The Labute approximate surface area is 172 Å². The number of benzene rings is 2. The number of pyridine rings is 1. The molecule has 30 heavy (non-hydrogen) atoms. The van der Waals surface area contributed by atoms with Gasteiger partial charge >= 0.3 is 5.97 Å². The summed E-state index contributed by atoms with van der Waals surface area (Å²) in [6, 6.07) is 16.4. The van der Waals surface area contributed by atoms with E-state index in [-0.39, 0.29) is 5.91 Å². The molecule has 2 amide bonds. The van der Waals surface area contributed by atoms with Crippen LogP contribution in [0.25, 0.3) is 0 Å². The average Bonchev–Trinajstić information content (AvgIpc) is 2.79. The predicted octanol–water partition coefficient (Wildman–Crippen LogP) is 3.14. The second-order valence-corrected chi connectivity index (χ2v) is 6.09. The monoisotopic (exact) mass is 405 g/mol. The number of hydrogen-bond donors (Lipinski definition) is 2. The van der Waals surface area contributed by atoms with Crippen molar-refractivity contribution in [3.63, 3.8) is 0 Å². The van der Waals surface area contributed by atoms with Crippen LogP contribution in [0.4, 0.5) is 11.4 Å². The predicted molar refractivity (Wildman–Crippen MR) is 111 cm³/mol. The number of para-hydroxylation sites is 2. The highest BCUT2D eigenvalue weighted by atomic mass is 16.5. The summed E-state index contributed by atoms with van der Waals surface area (Å²) < 4.78 is 10.2. The van der Waals surface area contributed by atoms with Gasteiger partial charge in [-0.15, -0.1) is 0 Å². The van der Waals surface area contributed by atoms with E-state index >= 15 is 0 Å². The zero-order valence-corrected chi connectivity index (χ0v) is 16.1. The zero-order valence-electron chi connectivity index (χ0n) is 16.1. The molecule has 8 nitrogen and oxygen atoms in total. The van der Waals surface area contributed by atoms with Crippen molar-refractivity contribution in [3.05, 3.63) is 84.2 Å². The van der Waals surface area contributed by atoms with Gasteiger partial charge in [0.05, 0.1) is 18.4 Å². The molecule has 0 saturated carbocycles. The number of rotatable bonds is 7. The third kappa shape index (κ3) is 5.41. The van der Waals surface area contributed by atoms with Crippen molar-refractivity contribution in [2.75, 3.05) is 24.4 Å². The summed E-state index contributed by atoms with van der Waals surface area (Å²) in [7, 11) is 1.52. The molecular formula is C22H19N3O5. The highest BCUT2D eigenvalue weighted by molar-refractivity contribution is 6.05. The fourth-order valence-electron chi connectivity index (χ4n) is 2.55. The number of nitrogens with one attached hydrogen (secondary N) is 2. The summed E-state index contributed by atoms with van der Waals surface area (Å²) in [6.07, 6.45) is 2.92. The number of carbonyl (C=O) groups is 3. The molecule has 3 aromatic rings. The van der Waals surface area contributed by atoms with Crippen molar-refractivity contribution in [2.45, 2.75) is 0 Å². The molecule has 1 aromatic heterocycles. The average molecular weight is 405 g/mol. The van der Waals surface area contributed by atoms with Gasteiger partial charge in [0.2, 0.25) is 0 Å². The lowest BCUT2D eigenvalue weighted by atomic mass is 10.2. The van der Waals surface area contributed by atoms with Gasteiger partial charge in [0.1, 0.15) is 5.75 Å². The van der Waals surface area contributed by atoms with E-state index in [1.807, 2.05) is 0 Å². The Kier molecular flexibility index (Phi) is 6.73. The molecule has 0 spiro atoms. The number of carbonyl (C=O) groups excluding carboxylic acids is 3. The number of hydrogen-bond acceptors (Lipinski definition) is 6. The van der Waals surface area contributed by atoms with E-state index in [2.05, 4.69) is 15.6 Å². The van der Waals surface area contributed by atoms with Gasteiger partial charge in [0.25, 0.3) is 11.8 Å². The van der Waals surface area contributed by atoms with Gasteiger partial charge < -0.3 is 20.1 Å². The maximum atomic E-state index is 12.4. The smallest absolute Gasteiger partial charge is 0.338 e. The van der Waals surface area contributed by atoms with Crippen molar-refractivity contribution in [3.8, 4) is 5.75 Å². The lowest BCUT2D eigenvalue weighted by Crippen LogP contribution is -2.21. The molecule has 0 bridgehead atoms. The van der Waals surface area contributed by atoms with Crippen LogP contribution in [0.15, 0.2) is 73.1 Å². The molecular weight excluding hydrogens is 386 g/mol. The molecule has 1 heterocycles. The quantitative estimate of drug-likeness (QED) is 0.585. The van der Waals surface area contributed by atoms with Gasteiger partial charge in [0, 0.05) is 23.6 Å². The van der Waals surface area contributed by atoms with Crippen LogP contribution < -0.4 is 15.4 Å². The first-order valence-electron chi connectivity index (χ1n) is 8.98. The Hall–Kier alpha value is -4.20. The highest BCUT2D eigenvalue weighted by Crippen LogP contribution is 2.23. The van der Waals surface area contributed by atoms with Gasteiger partial charge in [0.15, 0.2) is 6.61 Å². The van der Waals surface area contributed by atoms with Crippen molar-refractivity contribution >= 4 is 29.2 Å². The molecule has 3 rings (SSSR count). The minimum atomic E-state index is -0.615. The minimum absolute atomic E-state index is 0.309. The molecule has 0 aliphatic heterocycles. The number of aromatic nitrogens is 1. The van der Waals surface area contributed by atoms with Gasteiger partial charge in [-0.25, -0.2) is 4.79 Å². The van der Waals surface area contributed by atoms with Gasteiger partial charge in [-0.05, 0) is 48.5 Å². The number of ether oxygens (including phenoxy) is 2. The standard InChI is InChI=1S/C22H19N3O5/c1-29-19-5-3-2-4-18(19)25-21(27)15-6-8-17(9-7-15)24-20(26)14-30-22(28)16-10-12-23-13-11-16/h2-13H,14H2,1H3,(H,24,26)(H,25,27). The second kappa shape index (κ2) is 9.83. The fraction of sp³-hybridized carbons (Fsp3) is 0.0909. The van der Waals surface area contributed by atoms with E-state index < -0.39 is 18.5 Å². The largest absolute Gasteiger partial charge is 0.495 e. The number of anilines is 2. The van der Waals surface area contributed by atoms with Crippen LogP contribution in [-0.2, 0) is 9.53 Å². The van der Waals surface area contributed by atoms with Crippen molar-refractivity contribution in [1.82, 2.24) is 4.98 Å². The first-order valence-corrected chi connectivity index (χ1v) is 8.98. The molecule has 152 valence electrons. The van der Waals surface area contributed by atoms with Crippen LogP contribution in [0, 0.1) is 0 Å². The summed E-state index contributed by atoms with van der Waals surface area (Å²) in [5.41, 5.74) is 1.73. The van der Waals surface area contributed by atoms with Crippen LogP contribution in [0.3, 0.4) is 0 Å². The summed E-state index contributed by atoms with van der Waals surface area (Å²) in [4.78, 5) is 40.0. The minimum Gasteiger partial charge on any atom is -0.495 e. The Balaban J connectivity index is 1.53. The maximum absolute atomic E-state index is 12.4. The van der Waals surface area contributed by atoms with Crippen molar-refractivity contribution in [2.24, 2.45) is 0 Å². The van der Waals surface area contributed by atoms with E-state index in [9.17, 15) is 14.4 Å². The summed E-state index contributed by atoms with van der Waals surface area (Å²) in [5.74, 6) is -0.876. The molecule has 0 saturated heterocycles. The van der Waals surface area contributed by atoms with Gasteiger partial charge in [-0.1, -0.05) is 12.1 Å². The zero-order chi connectivity index (χ0) is 21.3. The Morgan fingerprint density at radius 1 is 0.867 bits per heavy atom. The topological polar surface area (TPSA) is 107 Å². The maximum Gasteiger partial charge on any atom is 0.338 e. The number of methoxy groups -OCH3 is 1. The first kappa shape index (κ1) is 20.5. The van der Waals surface area contributed by atoms with Crippen LogP contribution >= 0.6 is 0 Å². The van der Waals surface area contributed by atoms with Crippen LogP contribution in [0.2, 0.25) is 0 Å². The lowest BCUT2D eigenvalue weighted by Gasteiger charge is -2.10. The molecule has 0 fully saturated rings. The van der Waals surface area contributed by atoms with Crippen LogP contribution in [0.5, 0.6) is 5.75 Å². The number of esters is 1. The van der Waals surface area contributed by atoms with Crippen molar-refractivity contribution in [1.29, 1.82) is 0 Å². The summed E-state index contributed by atoms with van der Waals surface area (Å²) >= 11 is 0. The normalized spacial score (nSPS) is 10.0. The molecule has 0 atom stereocenters. The third-order valence-corrected chi connectivity index (χ3v) is 4.04. The Morgan fingerprint density at radius 3 is 2.27 bits per heavy atom. The van der Waals surface area contributed by atoms with Gasteiger partial charge in [-0.2, -0.15) is 0 Å². The molecule has 0 unspecified atom stereocenters. The summed E-state index contributed by atoms with van der Waals surface area (Å²) in [5, 5.41) is 5.38. The first-order chi connectivity index (χ1) is 14.6. The molecule has 8 heteroatoms. The lowest BCUT2D eigenvalue weighted by molar-refractivity contribution is -0.119. The Bertz CT molecular complexity index is 1040. The fourth-order valence-corrected chi connectivity index (χ4v) is 2.55. The molecule has 2 aromatic carbocycles. The van der Waals surface area contributed by atoms with E-state index in [0.29, 0.717) is 28.3 Å². The van der Waals surface area contributed by atoms with Crippen LogP contribution in [-0.4, -0.2) is 36.5 Å². The molecule has 2 N–H and O–H groups in total. The Morgan fingerprint density at radius 2 is 1.57 bits per heavy atom. The SMILES string of the molecule is COc1ccccc1NC(=O)c1ccc(NC(=O)COC(=O)c2ccncc2)cc1. The van der Waals surface area contributed by atoms with Crippen LogP contribution in [0.1, 0.15) is 20.7 Å². The number of nitrogens with zero attached hydrogens (tertiary/aromatic N) is 1. The van der Waals surface area contributed by atoms with E-state index in [1.165, 1.54) is 31.6 Å². The second-order valence-electron chi connectivity index (χ2n) is 6.09. The summed E-state index contributed by atoms with van der Waals surface area (Å²) in [6.45, 7) is -0.433. The highest BCUT2D eigenvalue weighted by Gasteiger charge is 2.12. The van der Waals surface area contributed by atoms with E-state index in [4.69, 9.17) is 9.47 Å². The van der Waals surface area contributed by atoms with E-state index in [1.54, 1.807) is 48.5 Å². The molecule has 0 aliphatic carbocycles. The molecule has 0 radical (unpaired) electrons.